The SMILES string of the molecule is CCCC(C)N(C)C1CCC(NCC)C1. The lowest BCUT2D eigenvalue weighted by atomic mass is 10.1. The summed E-state index contributed by atoms with van der Waals surface area (Å²) in [7, 11) is 2.30. The van der Waals surface area contributed by atoms with Gasteiger partial charge in [-0.15, -0.1) is 0 Å². The minimum absolute atomic E-state index is 0.750. The summed E-state index contributed by atoms with van der Waals surface area (Å²) in [6, 6.07) is 2.34. The van der Waals surface area contributed by atoms with Gasteiger partial charge in [-0.1, -0.05) is 20.3 Å². The summed E-state index contributed by atoms with van der Waals surface area (Å²) in [5.74, 6) is 0. The normalized spacial score (nSPS) is 28.6. The van der Waals surface area contributed by atoms with Gasteiger partial charge in [0.2, 0.25) is 0 Å². The molecule has 2 nitrogen and oxygen atoms in total. The molecule has 1 rings (SSSR count). The van der Waals surface area contributed by atoms with E-state index < -0.39 is 0 Å². The van der Waals surface area contributed by atoms with E-state index in [1.54, 1.807) is 0 Å². The van der Waals surface area contributed by atoms with Crippen molar-refractivity contribution in [1.82, 2.24) is 10.2 Å². The lowest BCUT2D eigenvalue weighted by Crippen LogP contribution is -2.38. The monoisotopic (exact) mass is 212 g/mol. The highest BCUT2D eigenvalue weighted by atomic mass is 15.2. The molecule has 0 bridgehead atoms. The molecule has 1 aliphatic rings. The maximum atomic E-state index is 3.57. The zero-order valence-electron chi connectivity index (χ0n) is 10.9. The summed E-state index contributed by atoms with van der Waals surface area (Å²) in [5.41, 5.74) is 0. The summed E-state index contributed by atoms with van der Waals surface area (Å²) in [5, 5.41) is 3.57. The maximum absolute atomic E-state index is 3.57. The fourth-order valence-corrected chi connectivity index (χ4v) is 2.78. The van der Waals surface area contributed by atoms with Crippen molar-refractivity contribution >= 4 is 0 Å². The van der Waals surface area contributed by atoms with Crippen LogP contribution in [0.1, 0.15) is 52.9 Å². The second kappa shape index (κ2) is 6.49. The average molecular weight is 212 g/mol. The second-order valence-corrected chi connectivity index (χ2v) is 5.02. The van der Waals surface area contributed by atoms with Gasteiger partial charge >= 0.3 is 0 Å². The topological polar surface area (TPSA) is 15.3 Å². The van der Waals surface area contributed by atoms with Crippen LogP contribution in [-0.2, 0) is 0 Å². The van der Waals surface area contributed by atoms with Gasteiger partial charge in [0.05, 0.1) is 0 Å². The molecule has 0 amide bonds. The van der Waals surface area contributed by atoms with Crippen LogP contribution >= 0.6 is 0 Å². The molecule has 0 aromatic rings. The molecule has 3 atom stereocenters. The number of hydrogen-bond acceptors (Lipinski definition) is 2. The van der Waals surface area contributed by atoms with Gasteiger partial charge in [0.25, 0.3) is 0 Å². The van der Waals surface area contributed by atoms with E-state index in [0.29, 0.717) is 0 Å². The Kier molecular flexibility index (Phi) is 5.62. The van der Waals surface area contributed by atoms with Gasteiger partial charge in [-0.05, 0) is 46.2 Å². The van der Waals surface area contributed by atoms with Gasteiger partial charge in [-0.25, -0.2) is 0 Å². The third-order valence-corrected chi connectivity index (χ3v) is 3.88. The molecule has 2 heteroatoms. The van der Waals surface area contributed by atoms with Crippen LogP contribution < -0.4 is 5.32 Å². The van der Waals surface area contributed by atoms with Crippen molar-refractivity contribution in [3.05, 3.63) is 0 Å². The van der Waals surface area contributed by atoms with Crippen molar-refractivity contribution in [2.24, 2.45) is 0 Å². The van der Waals surface area contributed by atoms with Gasteiger partial charge in [0.15, 0.2) is 0 Å². The fraction of sp³-hybridized carbons (Fsp3) is 1.00. The van der Waals surface area contributed by atoms with Gasteiger partial charge in [0.1, 0.15) is 0 Å². The van der Waals surface area contributed by atoms with Crippen LogP contribution in [0.15, 0.2) is 0 Å². The Balaban J connectivity index is 2.32. The Morgan fingerprint density at radius 3 is 2.67 bits per heavy atom. The highest BCUT2D eigenvalue weighted by molar-refractivity contribution is 4.87. The third-order valence-electron chi connectivity index (χ3n) is 3.88. The standard InChI is InChI=1S/C13H28N2/c1-5-7-11(3)15(4)13-9-8-12(10-13)14-6-2/h11-14H,5-10H2,1-4H3. The smallest absolute Gasteiger partial charge is 0.0110 e. The van der Waals surface area contributed by atoms with E-state index in [0.717, 1.165) is 24.7 Å². The van der Waals surface area contributed by atoms with E-state index in [1.165, 1.54) is 32.1 Å². The molecule has 1 fully saturated rings. The number of nitrogens with one attached hydrogen (secondary N) is 1. The average Bonchev–Trinajstić information content (AvgIpc) is 2.66. The minimum Gasteiger partial charge on any atom is -0.314 e. The van der Waals surface area contributed by atoms with Crippen LogP contribution in [0, 0.1) is 0 Å². The number of hydrogen-bond donors (Lipinski definition) is 1. The van der Waals surface area contributed by atoms with E-state index in [4.69, 9.17) is 0 Å². The van der Waals surface area contributed by atoms with Crippen molar-refractivity contribution in [2.45, 2.75) is 71.0 Å². The van der Waals surface area contributed by atoms with E-state index in [2.05, 4.69) is 38.0 Å². The largest absolute Gasteiger partial charge is 0.314 e. The fourth-order valence-electron chi connectivity index (χ4n) is 2.78. The predicted molar refractivity (Wildman–Crippen MR) is 67.2 cm³/mol. The van der Waals surface area contributed by atoms with E-state index in [1.807, 2.05) is 0 Å². The second-order valence-electron chi connectivity index (χ2n) is 5.02. The van der Waals surface area contributed by atoms with Crippen molar-refractivity contribution in [2.75, 3.05) is 13.6 Å². The van der Waals surface area contributed by atoms with Crippen molar-refractivity contribution in [3.8, 4) is 0 Å². The summed E-state index contributed by atoms with van der Waals surface area (Å²) < 4.78 is 0. The first kappa shape index (κ1) is 13.0. The van der Waals surface area contributed by atoms with Crippen LogP contribution in [-0.4, -0.2) is 36.6 Å². The van der Waals surface area contributed by atoms with Crippen molar-refractivity contribution < 1.29 is 0 Å². The molecule has 1 saturated carbocycles. The van der Waals surface area contributed by atoms with Gasteiger partial charge in [-0.2, -0.15) is 0 Å². The van der Waals surface area contributed by atoms with Crippen LogP contribution in [0.2, 0.25) is 0 Å². The molecule has 90 valence electrons. The zero-order valence-corrected chi connectivity index (χ0v) is 10.9. The molecule has 0 aromatic carbocycles. The first-order valence-electron chi connectivity index (χ1n) is 6.64. The molecule has 15 heavy (non-hydrogen) atoms. The lowest BCUT2D eigenvalue weighted by Gasteiger charge is -2.30. The Labute approximate surface area is 95.4 Å². The van der Waals surface area contributed by atoms with Crippen LogP contribution in [0.3, 0.4) is 0 Å². The van der Waals surface area contributed by atoms with E-state index in [-0.39, 0.29) is 0 Å². The first-order valence-corrected chi connectivity index (χ1v) is 6.64. The maximum Gasteiger partial charge on any atom is 0.0110 e. The van der Waals surface area contributed by atoms with E-state index in [9.17, 15) is 0 Å². The Morgan fingerprint density at radius 2 is 2.07 bits per heavy atom. The quantitative estimate of drug-likeness (QED) is 0.728. The summed E-state index contributed by atoms with van der Waals surface area (Å²) >= 11 is 0. The molecule has 0 aromatic heterocycles. The molecule has 0 saturated heterocycles. The number of nitrogens with zero attached hydrogens (tertiary/aromatic N) is 1. The van der Waals surface area contributed by atoms with Crippen molar-refractivity contribution in [3.63, 3.8) is 0 Å². The van der Waals surface area contributed by atoms with E-state index >= 15 is 0 Å². The molecule has 1 aliphatic carbocycles. The summed E-state index contributed by atoms with van der Waals surface area (Å²) in [6.45, 7) is 7.97. The third kappa shape index (κ3) is 3.76. The molecular formula is C13H28N2. The van der Waals surface area contributed by atoms with Gasteiger partial charge in [-0.3, -0.25) is 0 Å². The van der Waals surface area contributed by atoms with Crippen LogP contribution in [0.5, 0.6) is 0 Å². The highest BCUT2D eigenvalue weighted by Gasteiger charge is 2.28. The van der Waals surface area contributed by atoms with Gasteiger partial charge < -0.3 is 10.2 Å². The molecule has 1 N–H and O–H groups in total. The predicted octanol–water partition coefficient (Wildman–Crippen LogP) is 2.64. The van der Waals surface area contributed by atoms with Gasteiger partial charge in [0, 0.05) is 18.1 Å². The molecule has 0 radical (unpaired) electrons. The molecule has 0 spiro atoms. The molecule has 3 unspecified atom stereocenters. The van der Waals surface area contributed by atoms with Crippen molar-refractivity contribution in [1.29, 1.82) is 0 Å². The first-order chi connectivity index (χ1) is 7.19. The highest BCUT2D eigenvalue weighted by Crippen LogP contribution is 2.25. The number of rotatable bonds is 6. The Morgan fingerprint density at radius 1 is 1.33 bits per heavy atom. The van der Waals surface area contributed by atoms with Crippen LogP contribution in [0.25, 0.3) is 0 Å². The Hall–Kier alpha value is -0.0800. The summed E-state index contributed by atoms with van der Waals surface area (Å²) in [6.07, 6.45) is 6.72. The zero-order chi connectivity index (χ0) is 11.3. The molecule has 0 heterocycles. The lowest BCUT2D eigenvalue weighted by molar-refractivity contribution is 0.175. The summed E-state index contributed by atoms with van der Waals surface area (Å²) in [4.78, 5) is 2.60. The Bertz CT molecular complexity index is 170. The molecule has 0 aliphatic heterocycles. The minimum atomic E-state index is 0.750. The molecular weight excluding hydrogens is 184 g/mol. The van der Waals surface area contributed by atoms with Crippen LogP contribution in [0.4, 0.5) is 0 Å².